The number of halogens is 1. The zero-order valence-corrected chi connectivity index (χ0v) is 26.2. The van der Waals surface area contributed by atoms with Gasteiger partial charge in [0, 0.05) is 18.1 Å². The zero-order chi connectivity index (χ0) is 30.3. The molecular formula is C32H40ClN3O4S. The Labute approximate surface area is 249 Å². The van der Waals surface area contributed by atoms with Gasteiger partial charge in [-0.15, -0.1) is 0 Å². The molecule has 0 fully saturated rings. The smallest absolute Gasteiger partial charge is 0.264 e. The van der Waals surface area contributed by atoms with Crippen LogP contribution in [-0.4, -0.2) is 44.3 Å². The molecule has 7 nitrogen and oxygen atoms in total. The van der Waals surface area contributed by atoms with Crippen molar-refractivity contribution in [3.05, 3.63) is 94.0 Å². The van der Waals surface area contributed by atoms with Crippen molar-refractivity contribution in [2.24, 2.45) is 5.92 Å². The highest BCUT2D eigenvalue weighted by molar-refractivity contribution is 7.92. The number of hydrogen-bond donors (Lipinski definition) is 1. The molecule has 0 bridgehead atoms. The minimum absolute atomic E-state index is 0.0136. The predicted molar refractivity (Wildman–Crippen MR) is 166 cm³/mol. The van der Waals surface area contributed by atoms with E-state index in [1.807, 2.05) is 71.9 Å². The quantitative estimate of drug-likeness (QED) is 0.276. The maximum absolute atomic E-state index is 14.1. The van der Waals surface area contributed by atoms with Crippen molar-refractivity contribution >= 4 is 39.1 Å². The first-order valence-electron chi connectivity index (χ1n) is 13.8. The van der Waals surface area contributed by atoms with Gasteiger partial charge in [-0.2, -0.15) is 0 Å². The van der Waals surface area contributed by atoms with Gasteiger partial charge in [0.25, 0.3) is 10.0 Å². The van der Waals surface area contributed by atoms with Crippen LogP contribution in [0.2, 0.25) is 5.02 Å². The number of carbonyl (C=O) groups is 2. The molecule has 1 atom stereocenters. The number of aryl methyl sites for hydroxylation is 3. The summed E-state index contributed by atoms with van der Waals surface area (Å²) in [7, 11) is -4.16. The standard InChI is InChI=1S/C32H40ClN3O4S/c1-7-30(32(38)34-19-22(2)3)35(20-26-11-8-23(4)9-12-26)31(37)21-36(28-15-10-24(5)25(6)18-28)41(39,40)29-16-13-27(33)14-17-29/h8-18,22,30H,7,19-21H2,1-6H3,(H,34,38). The summed E-state index contributed by atoms with van der Waals surface area (Å²) in [5.74, 6) is -0.504. The van der Waals surface area contributed by atoms with Gasteiger partial charge in [0.15, 0.2) is 0 Å². The summed E-state index contributed by atoms with van der Waals surface area (Å²) < 4.78 is 29.1. The lowest BCUT2D eigenvalue weighted by Crippen LogP contribution is -2.52. The van der Waals surface area contributed by atoms with Gasteiger partial charge in [0.2, 0.25) is 11.8 Å². The van der Waals surface area contributed by atoms with Crippen LogP contribution < -0.4 is 9.62 Å². The van der Waals surface area contributed by atoms with Crippen LogP contribution in [0.3, 0.4) is 0 Å². The van der Waals surface area contributed by atoms with Gasteiger partial charge in [-0.25, -0.2) is 8.42 Å². The van der Waals surface area contributed by atoms with Crippen LogP contribution in [0.5, 0.6) is 0 Å². The van der Waals surface area contributed by atoms with E-state index in [4.69, 9.17) is 11.6 Å². The van der Waals surface area contributed by atoms with Crippen LogP contribution in [0.25, 0.3) is 0 Å². The fourth-order valence-electron chi connectivity index (χ4n) is 4.38. The Hall–Kier alpha value is -3.36. The number of amides is 2. The Morgan fingerprint density at radius 2 is 1.54 bits per heavy atom. The lowest BCUT2D eigenvalue weighted by molar-refractivity contribution is -0.140. The molecule has 0 aliphatic carbocycles. The van der Waals surface area contributed by atoms with Gasteiger partial charge >= 0.3 is 0 Å². The molecule has 0 heterocycles. The van der Waals surface area contributed by atoms with E-state index in [-0.39, 0.29) is 23.3 Å². The molecule has 220 valence electrons. The van der Waals surface area contributed by atoms with E-state index in [1.54, 1.807) is 12.1 Å². The first-order chi connectivity index (χ1) is 19.3. The van der Waals surface area contributed by atoms with Crippen molar-refractivity contribution in [2.45, 2.75) is 65.4 Å². The number of rotatable bonds is 12. The number of nitrogens with zero attached hydrogens (tertiary/aromatic N) is 2. The molecule has 0 aliphatic heterocycles. The summed E-state index contributed by atoms with van der Waals surface area (Å²) in [6, 6.07) is 18.1. The van der Waals surface area contributed by atoms with Gasteiger partial charge in [0.05, 0.1) is 10.6 Å². The number of sulfonamides is 1. The molecular weight excluding hydrogens is 558 g/mol. The number of carbonyl (C=O) groups excluding carboxylic acids is 2. The molecule has 3 rings (SSSR count). The molecule has 1 unspecified atom stereocenters. The average Bonchev–Trinajstić information content (AvgIpc) is 2.93. The van der Waals surface area contributed by atoms with E-state index >= 15 is 0 Å². The third-order valence-corrected chi connectivity index (χ3v) is 9.04. The van der Waals surface area contributed by atoms with E-state index in [2.05, 4.69) is 5.32 Å². The summed E-state index contributed by atoms with van der Waals surface area (Å²) in [5.41, 5.74) is 4.17. The van der Waals surface area contributed by atoms with E-state index < -0.39 is 28.5 Å². The van der Waals surface area contributed by atoms with E-state index in [0.29, 0.717) is 23.7 Å². The number of nitrogens with one attached hydrogen (secondary N) is 1. The van der Waals surface area contributed by atoms with Crippen molar-refractivity contribution in [1.29, 1.82) is 0 Å². The van der Waals surface area contributed by atoms with Crippen LogP contribution in [0.1, 0.15) is 49.4 Å². The van der Waals surface area contributed by atoms with Crippen LogP contribution >= 0.6 is 11.6 Å². The third-order valence-electron chi connectivity index (χ3n) is 7.00. The van der Waals surface area contributed by atoms with Crippen LogP contribution in [0, 0.1) is 26.7 Å². The summed E-state index contributed by atoms with van der Waals surface area (Å²) in [6.07, 6.45) is 0.370. The largest absolute Gasteiger partial charge is 0.354 e. The van der Waals surface area contributed by atoms with Crippen molar-refractivity contribution in [2.75, 3.05) is 17.4 Å². The fraction of sp³-hybridized carbons (Fsp3) is 0.375. The minimum Gasteiger partial charge on any atom is -0.354 e. The maximum atomic E-state index is 14.1. The molecule has 3 aromatic carbocycles. The van der Waals surface area contributed by atoms with Crippen LogP contribution in [0.4, 0.5) is 5.69 Å². The molecule has 0 spiro atoms. The molecule has 9 heteroatoms. The number of benzene rings is 3. The third kappa shape index (κ3) is 8.33. The molecule has 3 aromatic rings. The molecule has 0 aliphatic rings. The predicted octanol–water partition coefficient (Wildman–Crippen LogP) is 6.04. The molecule has 0 saturated carbocycles. The van der Waals surface area contributed by atoms with E-state index in [0.717, 1.165) is 26.6 Å². The Balaban J connectivity index is 2.06. The molecule has 41 heavy (non-hydrogen) atoms. The highest BCUT2D eigenvalue weighted by atomic mass is 35.5. The average molecular weight is 598 g/mol. The summed E-state index contributed by atoms with van der Waals surface area (Å²) in [5, 5.41) is 3.35. The molecule has 0 saturated heterocycles. The van der Waals surface area contributed by atoms with Crippen molar-refractivity contribution < 1.29 is 18.0 Å². The van der Waals surface area contributed by atoms with Gasteiger partial charge in [-0.3, -0.25) is 13.9 Å². The normalized spacial score (nSPS) is 12.2. The van der Waals surface area contributed by atoms with Gasteiger partial charge < -0.3 is 10.2 Å². The van der Waals surface area contributed by atoms with Gasteiger partial charge in [0.1, 0.15) is 12.6 Å². The van der Waals surface area contributed by atoms with Crippen molar-refractivity contribution in [1.82, 2.24) is 10.2 Å². The first-order valence-corrected chi connectivity index (χ1v) is 15.6. The Bertz CT molecular complexity index is 1460. The lowest BCUT2D eigenvalue weighted by Gasteiger charge is -2.33. The molecule has 0 radical (unpaired) electrons. The molecule has 2 amide bonds. The second-order valence-electron chi connectivity index (χ2n) is 10.8. The lowest BCUT2D eigenvalue weighted by atomic mass is 10.1. The van der Waals surface area contributed by atoms with E-state index in [1.165, 1.54) is 29.2 Å². The van der Waals surface area contributed by atoms with Gasteiger partial charge in [-0.1, -0.05) is 68.3 Å². The second kappa shape index (κ2) is 14.0. The Kier molecular flexibility index (Phi) is 11.0. The van der Waals surface area contributed by atoms with E-state index in [9.17, 15) is 18.0 Å². The van der Waals surface area contributed by atoms with Crippen molar-refractivity contribution in [3.63, 3.8) is 0 Å². The topological polar surface area (TPSA) is 86.8 Å². The highest BCUT2D eigenvalue weighted by Gasteiger charge is 2.33. The Morgan fingerprint density at radius 1 is 0.902 bits per heavy atom. The second-order valence-corrected chi connectivity index (χ2v) is 13.1. The maximum Gasteiger partial charge on any atom is 0.264 e. The zero-order valence-electron chi connectivity index (χ0n) is 24.6. The fourth-order valence-corrected chi connectivity index (χ4v) is 5.91. The first kappa shape index (κ1) is 32.2. The summed E-state index contributed by atoms with van der Waals surface area (Å²) in [6.45, 7) is 11.8. The van der Waals surface area contributed by atoms with Crippen LogP contribution in [0.15, 0.2) is 71.6 Å². The van der Waals surface area contributed by atoms with Crippen molar-refractivity contribution in [3.8, 4) is 0 Å². The SMILES string of the molecule is CCC(C(=O)NCC(C)C)N(Cc1ccc(C)cc1)C(=O)CN(c1ccc(C)c(C)c1)S(=O)(=O)c1ccc(Cl)cc1. The van der Waals surface area contributed by atoms with Crippen LogP contribution in [-0.2, 0) is 26.2 Å². The Morgan fingerprint density at radius 3 is 2.10 bits per heavy atom. The summed E-state index contributed by atoms with van der Waals surface area (Å²) in [4.78, 5) is 29.0. The number of anilines is 1. The van der Waals surface area contributed by atoms with Gasteiger partial charge in [-0.05, 0) is 86.2 Å². The number of hydrogen-bond acceptors (Lipinski definition) is 4. The summed E-state index contributed by atoms with van der Waals surface area (Å²) >= 11 is 6.03. The molecule has 0 aromatic heterocycles. The monoisotopic (exact) mass is 597 g/mol. The minimum atomic E-state index is -4.16. The highest BCUT2D eigenvalue weighted by Crippen LogP contribution is 2.27. The molecule has 1 N–H and O–H groups in total.